The Labute approximate surface area is 192 Å². The second-order valence-corrected chi connectivity index (χ2v) is 7.89. The molecule has 1 fully saturated rings. The monoisotopic (exact) mass is 463 g/mol. The van der Waals surface area contributed by atoms with E-state index in [1.165, 1.54) is 18.2 Å². The highest BCUT2D eigenvalue weighted by Gasteiger charge is 2.29. The van der Waals surface area contributed by atoms with Gasteiger partial charge in [0.2, 0.25) is 0 Å². The number of imide groups is 1. The summed E-state index contributed by atoms with van der Waals surface area (Å²) in [5, 5.41) is 7.18. The molecule has 1 saturated heterocycles. The standard InChI is InChI=1S/C23H17N3O6S/c1-13-16(22(29)26(25-13)15-6-4-3-5-7-15)10-14-8-9-17(18(11-14)31-2)32-20(27)12-19-21(28)24-23(30)33-19/h3-12H,1-2H3,(H,24,28,30)/b16-10-,19-12-. The largest absolute Gasteiger partial charge is 0.493 e. The first-order valence-corrected chi connectivity index (χ1v) is 10.5. The lowest BCUT2D eigenvalue weighted by Crippen LogP contribution is -2.21. The SMILES string of the molecule is COc1cc(/C=C2\C(=O)N(c3ccccc3)N=C2C)ccc1OC(=O)/C=C1\SC(=O)NC1=O. The van der Waals surface area contributed by atoms with Gasteiger partial charge in [-0.2, -0.15) is 10.1 Å². The van der Waals surface area contributed by atoms with Crippen molar-refractivity contribution < 1.29 is 28.7 Å². The maximum absolute atomic E-state index is 12.9. The molecule has 2 aliphatic heterocycles. The molecular formula is C23H17N3O6S. The van der Waals surface area contributed by atoms with Gasteiger partial charge in [0.05, 0.1) is 29.0 Å². The van der Waals surface area contributed by atoms with Crippen molar-refractivity contribution in [2.75, 3.05) is 12.1 Å². The van der Waals surface area contributed by atoms with Crippen LogP contribution in [-0.4, -0.2) is 35.8 Å². The topological polar surface area (TPSA) is 114 Å². The van der Waals surface area contributed by atoms with Crippen molar-refractivity contribution in [2.45, 2.75) is 6.92 Å². The summed E-state index contributed by atoms with van der Waals surface area (Å²) < 4.78 is 10.6. The van der Waals surface area contributed by atoms with Crippen molar-refractivity contribution >= 4 is 52.3 Å². The molecule has 0 unspecified atom stereocenters. The van der Waals surface area contributed by atoms with E-state index in [2.05, 4.69) is 10.4 Å². The highest BCUT2D eigenvalue weighted by Crippen LogP contribution is 2.31. The third kappa shape index (κ3) is 4.70. The summed E-state index contributed by atoms with van der Waals surface area (Å²) in [6.45, 7) is 1.75. The number of para-hydroxylation sites is 1. The van der Waals surface area contributed by atoms with E-state index in [4.69, 9.17) is 9.47 Å². The fourth-order valence-electron chi connectivity index (χ4n) is 3.12. The quantitative estimate of drug-likeness (QED) is 0.411. The van der Waals surface area contributed by atoms with Crippen LogP contribution in [-0.2, 0) is 14.4 Å². The van der Waals surface area contributed by atoms with Crippen LogP contribution < -0.4 is 19.8 Å². The molecule has 2 aromatic rings. The first kappa shape index (κ1) is 22.0. The number of hydrogen-bond donors (Lipinski definition) is 1. The Morgan fingerprint density at radius 2 is 1.85 bits per heavy atom. The van der Waals surface area contributed by atoms with Gasteiger partial charge in [-0.15, -0.1) is 0 Å². The van der Waals surface area contributed by atoms with Crippen molar-refractivity contribution in [3.05, 3.63) is 70.6 Å². The summed E-state index contributed by atoms with van der Waals surface area (Å²) in [4.78, 5) is 47.8. The van der Waals surface area contributed by atoms with Gasteiger partial charge in [-0.3, -0.25) is 19.7 Å². The lowest BCUT2D eigenvalue weighted by atomic mass is 10.1. The van der Waals surface area contributed by atoms with Gasteiger partial charge >= 0.3 is 5.97 Å². The smallest absolute Gasteiger partial charge is 0.337 e. The van der Waals surface area contributed by atoms with Gasteiger partial charge in [-0.25, -0.2) is 4.79 Å². The molecule has 3 amide bonds. The highest BCUT2D eigenvalue weighted by atomic mass is 32.2. The minimum Gasteiger partial charge on any atom is -0.493 e. The number of amides is 3. The number of rotatable bonds is 5. The predicted octanol–water partition coefficient (Wildman–Crippen LogP) is 3.27. The summed E-state index contributed by atoms with van der Waals surface area (Å²) in [5.41, 5.74) is 2.28. The highest BCUT2D eigenvalue weighted by molar-refractivity contribution is 8.18. The van der Waals surface area contributed by atoms with Crippen LogP contribution in [0.3, 0.4) is 0 Å². The molecule has 2 aliphatic rings. The molecule has 0 atom stereocenters. The number of nitrogens with zero attached hydrogens (tertiary/aromatic N) is 2. The maximum Gasteiger partial charge on any atom is 0.337 e. The average molecular weight is 463 g/mol. The Morgan fingerprint density at radius 3 is 2.52 bits per heavy atom. The van der Waals surface area contributed by atoms with E-state index in [1.54, 1.807) is 37.3 Å². The molecule has 166 valence electrons. The molecule has 0 bridgehead atoms. The molecule has 10 heteroatoms. The number of benzene rings is 2. The maximum atomic E-state index is 12.9. The van der Waals surface area contributed by atoms with E-state index < -0.39 is 17.1 Å². The summed E-state index contributed by atoms with van der Waals surface area (Å²) in [6, 6.07) is 13.9. The Bertz CT molecular complexity index is 1270. The number of ether oxygens (including phenoxy) is 2. The van der Waals surface area contributed by atoms with Gasteiger partial charge < -0.3 is 9.47 Å². The molecule has 4 rings (SSSR count). The Hall–Kier alpha value is -4.18. The summed E-state index contributed by atoms with van der Waals surface area (Å²) in [5.74, 6) is -1.39. The number of thioether (sulfide) groups is 1. The minimum absolute atomic E-state index is 0.0530. The second kappa shape index (κ2) is 9.13. The fraction of sp³-hybridized carbons (Fsp3) is 0.0870. The zero-order valence-electron chi connectivity index (χ0n) is 17.5. The molecule has 0 aromatic heterocycles. The van der Waals surface area contributed by atoms with Crippen molar-refractivity contribution in [2.24, 2.45) is 5.10 Å². The van der Waals surface area contributed by atoms with Crippen molar-refractivity contribution in [1.29, 1.82) is 0 Å². The third-order valence-electron chi connectivity index (χ3n) is 4.66. The normalized spacial score (nSPS) is 18.1. The number of anilines is 1. The van der Waals surface area contributed by atoms with Crippen LogP contribution in [0.25, 0.3) is 6.08 Å². The van der Waals surface area contributed by atoms with E-state index >= 15 is 0 Å². The Kier molecular flexibility index (Phi) is 6.09. The first-order valence-electron chi connectivity index (χ1n) is 9.67. The van der Waals surface area contributed by atoms with Gasteiger partial charge in [-0.1, -0.05) is 24.3 Å². The molecule has 2 aromatic carbocycles. The number of carbonyl (C=O) groups is 4. The molecule has 0 saturated carbocycles. The number of hydrazone groups is 1. The van der Waals surface area contributed by atoms with E-state index in [1.807, 2.05) is 18.2 Å². The second-order valence-electron chi connectivity index (χ2n) is 6.88. The molecule has 1 N–H and O–H groups in total. The van der Waals surface area contributed by atoms with Crippen LogP contribution >= 0.6 is 11.8 Å². The molecule has 2 heterocycles. The number of esters is 1. The lowest BCUT2D eigenvalue weighted by molar-refractivity contribution is -0.129. The zero-order chi connectivity index (χ0) is 23.5. The van der Waals surface area contributed by atoms with Crippen molar-refractivity contribution in [3.8, 4) is 11.5 Å². The molecule has 0 aliphatic carbocycles. The van der Waals surface area contributed by atoms with Crippen LogP contribution in [0.2, 0.25) is 0 Å². The van der Waals surface area contributed by atoms with Crippen LogP contribution in [0, 0.1) is 0 Å². The summed E-state index contributed by atoms with van der Waals surface area (Å²) >= 11 is 0.616. The Balaban J connectivity index is 1.54. The van der Waals surface area contributed by atoms with Crippen LogP contribution in [0.1, 0.15) is 12.5 Å². The van der Waals surface area contributed by atoms with Crippen LogP contribution in [0.4, 0.5) is 10.5 Å². The van der Waals surface area contributed by atoms with Gasteiger partial charge in [0.1, 0.15) is 0 Å². The molecule has 33 heavy (non-hydrogen) atoms. The Morgan fingerprint density at radius 1 is 1.09 bits per heavy atom. The van der Waals surface area contributed by atoms with E-state index in [0.29, 0.717) is 34.3 Å². The predicted molar refractivity (Wildman–Crippen MR) is 123 cm³/mol. The van der Waals surface area contributed by atoms with Crippen LogP contribution in [0.5, 0.6) is 11.5 Å². The van der Waals surface area contributed by atoms with Gasteiger partial charge in [0.25, 0.3) is 17.1 Å². The zero-order valence-corrected chi connectivity index (χ0v) is 18.3. The number of carbonyl (C=O) groups excluding carboxylic acids is 4. The summed E-state index contributed by atoms with van der Waals surface area (Å²) in [6.07, 6.45) is 2.61. The van der Waals surface area contributed by atoms with Gasteiger partial charge in [0.15, 0.2) is 11.5 Å². The van der Waals surface area contributed by atoms with E-state index in [9.17, 15) is 19.2 Å². The van der Waals surface area contributed by atoms with Crippen LogP contribution in [0.15, 0.2) is 70.2 Å². The molecule has 9 nitrogen and oxygen atoms in total. The fourth-order valence-corrected chi connectivity index (χ4v) is 3.76. The third-order valence-corrected chi connectivity index (χ3v) is 5.47. The molecular weight excluding hydrogens is 446 g/mol. The number of methoxy groups -OCH3 is 1. The van der Waals surface area contributed by atoms with E-state index in [0.717, 1.165) is 6.08 Å². The first-order chi connectivity index (χ1) is 15.9. The molecule has 0 radical (unpaired) electrons. The molecule has 0 spiro atoms. The number of hydrogen-bond acceptors (Lipinski definition) is 8. The summed E-state index contributed by atoms with van der Waals surface area (Å²) in [7, 11) is 1.41. The van der Waals surface area contributed by atoms with E-state index in [-0.39, 0.29) is 22.3 Å². The van der Waals surface area contributed by atoms with Crippen molar-refractivity contribution in [3.63, 3.8) is 0 Å². The lowest BCUT2D eigenvalue weighted by Gasteiger charge is -2.11. The van der Waals surface area contributed by atoms with Gasteiger partial charge in [-0.05, 0) is 54.6 Å². The number of nitrogens with one attached hydrogen (secondary N) is 1. The van der Waals surface area contributed by atoms with Crippen molar-refractivity contribution in [1.82, 2.24) is 5.32 Å². The average Bonchev–Trinajstić information content (AvgIpc) is 3.26. The minimum atomic E-state index is -0.834. The van der Waals surface area contributed by atoms with Gasteiger partial charge in [0, 0.05) is 6.08 Å².